The van der Waals surface area contributed by atoms with Crippen molar-refractivity contribution < 1.29 is 17.9 Å². The van der Waals surface area contributed by atoms with Crippen molar-refractivity contribution in [1.82, 2.24) is 0 Å². The molecule has 0 unspecified atom stereocenters. The molecule has 138 valence electrons. The summed E-state index contributed by atoms with van der Waals surface area (Å²) in [5.74, 6) is 0.849. The summed E-state index contributed by atoms with van der Waals surface area (Å²) < 4.78 is 32.5. The van der Waals surface area contributed by atoms with Gasteiger partial charge in [-0.2, -0.15) is 4.31 Å². The predicted molar refractivity (Wildman–Crippen MR) is 102 cm³/mol. The van der Waals surface area contributed by atoms with Crippen LogP contribution in [0.25, 0.3) is 0 Å². The van der Waals surface area contributed by atoms with Crippen LogP contribution in [-0.2, 0) is 10.0 Å². The average molecular weight is 395 g/mol. The molecule has 2 aromatic rings. The molecule has 1 heterocycles. The number of halogens is 1. The molecule has 0 saturated heterocycles. The number of ether oxygens (including phenoxy) is 1. The second kappa shape index (κ2) is 6.81. The number of sulfonamides is 1. The SMILES string of the molecule is CC(C)COc1ccc2c(c1)N(C)C(=O)N(c1ccc(Cl)cc1)S2(=O)=O. The van der Waals surface area contributed by atoms with E-state index in [-0.39, 0.29) is 10.6 Å². The highest BCUT2D eigenvalue weighted by Gasteiger charge is 2.41. The maximum Gasteiger partial charge on any atom is 0.342 e. The second-order valence-corrected chi connectivity index (χ2v) is 8.61. The zero-order chi connectivity index (χ0) is 19.1. The van der Waals surface area contributed by atoms with Gasteiger partial charge < -0.3 is 4.74 Å². The molecule has 0 aromatic heterocycles. The van der Waals surface area contributed by atoms with Crippen molar-refractivity contribution in [1.29, 1.82) is 0 Å². The minimum Gasteiger partial charge on any atom is -0.493 e. The molecule has 0 spiro atoms. The number of hydrogen-bond donors (Lipinski definition) is 0. The summed E-state index contributed by atoms with van der Waals surface area (Å²) in [7, 11) is -2.50. The maximum atomic E-state index is 13.0. The number of hydrogen-bond acceptors (Lipinski definition) is 4. The number of urea groups is 1. The highest BCUT2D eigenvalue weighted by molar-refractivity contribution is 7.94. The molecule has 2 amide bonds. The van der Waals surface area contributed by atoms with E-state index in [1.54, 1.807) is 12.1 Å². The Balaban J connectivity index is 2.06. The van der Waals surface area contributed by atoms with Gasteiger partial charge in [-0.3, -0.25) is 4.90 Å². The average Bonchev–Trinajstić information content (AvgIpc) is 2.59. The van der Waals surface area contributed by atoms with Crippen molar-refractivity contribution in [3.8, 4) is 5.75 Å². The molecule has 8 heteroatoms. The third-order valence-corrected chi connectivity index (χ3v) is 5.92. The molecule has 0 saturated carbocycles. The van der Waals surface area contributed by atoms with Gasteiger partial charge in [0.1, 0.15) is 10.6 Å². The van der Waals surface area contributed by atoms with Crippen LogP contribution in [0.4, 0.5) is 16.2 Å². The first-order valence-electron chi connectivity index (χ1n) is 8.07. The first kappa shape index (κ1) is 18.5. The molecule has 3 rings (SSSR count). The summed E-state index contributed by atoms with van der Waals surface area (Å²) >= 11 is 5.86. The number of amides is 2. The number of carbonyl (C=O) groups excluding carboxylic acids is 1. The Hall–Kier alpha value is -2.25. The van der Waals surface area contributed by atoms with Crippen molar-refractivity contribution in [2.75, 3.05) is 22.9 Å². The minimum absolute atomic E-state index is 0.0476. The van der Waals surface area contributed by atoms with E-state index in [9.17, 15) is 13.2 Å². The van der Waals surface area contributed by atoms with E-state index in [0.717, 1.165) is 4.31 Å². The molecule has 2 aromatic carbocycles. The Bertz CT molecular complexity index is 942. The molecule has 0 atom stereocenters. The zero-order valence-electron chi connectivity index (χ0n) is 14.6. The first-order chi connectivity index (χ1) is 12.2. The van der Waals surface area contributed by atoms with E-state index >= 15 is 0 Å². The van der Waals surface area contributed by atoms with Gasteiger partial charge in [-0.1, -0.05) is 25.4 Å². The van der Waals surface area contributed by atoms with Gasteiger partial charge in [-0.25, -0.2) is 13.2 Å². The molecule has 0 aliphatic carbocycles. The fourth-order valence-electron chi connectivity index (χ4n) is 2.60. The molecule has 6 nitrogen and oxygen atoms in total. The van der Waals surface area contributed by atoms with E-state index in [4.69, 9.17) is 16.3 Å². The standard InChI is InChI=1S/C18H19ClN2O4S/c1-12(2)11-25-15-8-9-17-16(10-15)20(3)18(22)21(26(17,23)24)14-6-4-13(19)5-7-14/h4-10,12H,11H2,1-3H3. The lowest BCUT2D eigenvalue weighted by Gasteiger charge is -2.34. The fraction of sp³-hybridized carbons (Fsp3) is 0.278. The predicted octanol–water partition coefficient (Wildman–Crippen LogP) is 4.14. The smallest absolute Gasteiger partial charge is 0.342 e. The van der Waals surface area contributed by atoms with Crippen LogP contribution in [0.3, 0.4) is 0 Å². The van der Waals surface area contributed by atoms with Crippen LogP contribution in [0.2, 0.25) is 5.02 Å². The number of rotatable bonds is 4. The normalized spacial score (nSPS) is 16.0. The van der Waals surface area contributed by atoms with E-state index in [2.05, 4.69) is 0 Å². The topological polar surface area (TPSA) is 66.9 Å². The maximum absolute atomic E-state index is 13.0. The van der Waals surface area contributed by atoms with Crippen LogP contribution < -0.4 is 13.9 Å². The van der Waals surface area contributed by atoms with Gasteiger partial charge in [-0.05, 0) is 42.3 Å². The molecular formula is C18H19ClN2O4S. The molecule has 26 heavy (non-hydrogen) atoms. The summed E-state index contributed by atoms with van der Waals surface area (Å²) in [6.07, 6.45) is 0. The highest BCUT2D eigenvalue weighted by atomic mass is 35.5. The van der Waals surface area contributed by atoms with Crippen molar-refractivity contribution in [3.63, 3.8) is 0 Å². The number of nitrogens with zero attached hydrogens (tertiary/aromatic N) is 2. The van der Waals surface area contributed by atoms with Gasteiger partial charge in [0, 0.05) is 18.1 Å². The van der Waals surface area contributed by atoms with Gasteiger partial charge in [0.2, 0.25) is 0 Å². The van der Waals surface area contributed by atoms with Crippen molar-refractivity contribution >= 4 is 39.0 Å². The van der Waals surface area contributed by atoms with Gasteiger partial charge in [0.15, 0.2) is 0 Å². The first-order valence-corrected chi connectivity index (χ1v) is 9.89. The summed E-state index contributed by atoms with van der Waals surface area (Å²) in [6.45, 7) is 4.53. The van der Waals surface area contributed by atoms with Crippen LogP contribution in [0, 0.1) is 5.92 Å². The van der Waals surface area contributed by atoms with Gasteiger partial charge in [-0.15, -0.1) is 0 Å². The van der Waals surface area contributed by atoms with E-state index in [1.165, 1.54) is 42.3 Å². The Morgan fingerprint density at radius 1 is 1.12 bits per heavy atom. The van der Waals surface area contributed by atoms with E-state index in [1.807, 2.05) is 13.8 Å². The zero-order valence-corrected chi connectivity index (χ0v) is 16.2. The van der Waals surface area contributed by atoms with Crippen LogP contribution in [0.15, 0.2) is 47.4 Å². The number of carbonyl (C=O) groups is 1. The minimum atomic E-state index is -4.04. The fourth-order valence-corrected chi connectivity index (χ4v) is 4.35. The summed E-state index contributed by atoms with van der Waals surface area (Å²) in [4.78, 5) is 14.1. The Labute approximate surface area is 158 Å². The third kappa shape index (κ3) is 3.24. The van der Waals surface area contributed by atoms with Crippen LogP contribution in [-0.4, -0.2) is 28.1 Å². The molecule has 0 bridgehead atoms. The molecule has 1 aliphatic heterocycles. The number of anilines is 2. The third-order valence-electron chi connectivity index (χ3n) is 3.92. The molecule has 0 N–H and O–H groups in total. The largest absolute Gasteiger partial charge is 0.493 e. The molecular weight excluding hydrogens is 376 g/mol. The Morgan fingerprint density at radius 2 is 1.77 bits per heavy atom. The van der Waals surface area contributed by atoms with E-state index < -0.39 is 16.1 Å². The quantitative estimate of drug-likeness (QED) is 0.781. The Kier molecular flexibility index (Phi) is 4.86. The van der Waals surface area contributed by atoms with Crippen molar-refractivity contribution in [2.45, 2.75) is 18.7 Å². The monoisotopic (exact) mass is 394 g/mol. The Morgan fingerprint density at radius 3 is 2.38 bits per heavy atom. The number of fused-ring (bicyclic) bond motifs is 1. The lowest BCUT2D eigenvalue weighted by atomic mass is 10.2. The number of benzene rings is 2. The van der Waals surface area contributed by atoms with Crippen LogP contribution in [0.1, 0.15) is 13.8 Å². The van der Waals surface area contributed by atoms with Gasteiger partial charge in [0.05, 0.1) is 18.0 Å². The van der Waals surface area contributed by atoms with Crippen LogP contribution >= 0.6 is 11.6 Å². The highest BCUT2D eigenvalue weighted by Crippen LogP contribution is 2.38. The lowest BCUT2D eigenvalue weighted by Crippen LogP contribution is -2.49. The summed E-state index contributed by atoms with van der Waals surface area (Å²) in [5, 5.41) is 0.455. The van der Waals surface area contributed by atoms with Crippen molar-refractivity contribution in [3.05, 3.63) is 47.5 Å². The van der Waals surface area contributed by atoms with Crippen molar-refractivity contribution in [2.24, 2.45) is 5.92 Å². The summed E-state index contributed by atoms with van der Waals surface area (Å²) in [6, 6.07) is 10.0. The summed E-state index contributed by atoms with van der Waals surface area (Å²) in [5.41, 5.74) is 0.526. The second-order valence-electron chi connectivity index (χ2n) is 6.42. The van der Waals surface area contributed by atoms with Crippen LogP contribution in [0.5, 0.6) is 5.75 Å². The van der Waals surface area contributed by atoms with E-state index in [0.29, 0.717) is 29.0 Å². The molecule has 0 radical (unpaired) electrons. The van der Waals surface area contributed by atoms with Gasteiger partial charge >= 0.3 is 6.03 Å². The molecule has 0 fully saturated rings. The lowest BCUT2D eigenvalue weighted by molar-refractivity contribution is 0.255. The molecule has 1 aliphatic rings. The van der Waals surface area contributed by atoms with Gasteiger partial charge in [0.25, 0.3) is 10.0 Å².